The Hall–Kier alpha value is -3.55. The Morgan fingerprint density at radius 1 is 1.06 bits per heavy atom. The van der Waals surface area contributed by atoms with Crippen LogP contribution in [0.1, 0.15) is 23.4 Å². The van der Waals surface area contributed by atoms with Gasteiger partial charge in [-0.3, -0.25) is 4.79 Å². The van der Waals surface area contributed by atoms with E-state index in [1.807, 2.05) is 24.3 Å². The molecule has 9 heteroatoms. The van der Waals surface area contributed by atoms with E-state index in [0.717, 1.165) is 44.9 Å². The Balaban J connectivity index is 1.23. The summed E-state index contributed by atoms with van der Waals surface area (Å²) in [6.45, 7) is 0. The Bertz CT molecular complexity index is 1520. The van der Waals surface area contributed by atoms with Crippen LogP contribution in [0.25, 0.3) is 22.2 Å². The topological polar surface area (TPSA) is 89.1 Å². The maximum atomic E-state index is 11.7. The molecule has 4 aromatic rings. The van der Waals surface area contributed by atoms with Gasteiger partial charge in [0, 0.05) is 34.9 Å². The van der Waals surface area contributed by atoms with Crippen molar-refractivity contribution in [2.75, 3.05) is 5.32 Å². The number of hydrogen-bond acceptors (Lipinski definition) is 5. The highest BCUT2D eigenvalue weighted by atomic mass is 35.5. The molecule has 7 nitrogen and oxygen atoms in total. The highest BCUT2D eigenvalue weighted by molar-refractivity contribution is 6.42. The van der Waals surface area contributed by atoms with Crippen LogP contribution in [0.2, 0.25) is 10.0 Å². The number of hydrogen-bond donors (Lipinski definition) is 2. The fourth-order valence-corrected chi connectivity index (χ4v) is 4.80. The maximum Gasteiger partial charge on any atom is 0.225 e. The van der Waals surface area contributed by atoms with E-state index in [1.165, 1.54) is 0 Å². The van der Waals surface area contributed by atoms with Crippen LogP contribution >= 0.6 is 23.2 Å². The second kappa shape index (κ2) is 6.73. The summed E-state index contributed by atoms with van der Waals surface area (Å²) in [5.74, 6) is 3.47. The van der Waals surface area contributed by atoms with Gasteiger partial charge in [0.1, 0.15) is 28.9 Å². The molecular formula is C24H14Cl2N4O3. The van der Waals surface area contributed by atoms with Crippen LogP contribution in [0.3, 0.4) is 0 Å². The average molecular weight is 477 g/mol. The first-order valence-electron chi connectivity index (χ1n) is 10.4. The molecule has 7 rings (SSSR count). The zero-order valence-corrected chi connectivity index (χ0v) is 18.4. The van der Waals surface area contributed by atoms with Gasteiger partial charge in [-0.2, -0.15) is 0 Å². The van der Waals surface area contributed by atoms with Gasteiger partial charge in [0.25, 0.3) is 0 Å². The lowest BCUT2D eigenvalue weighted by Crippen LogP contribution is -2.20. The zero-order valence-electron chi connectivity index (χ0n) is 16.9. The predicted molar refractivity (Wildman–Crippen MR) is 125 cm³/mol. The van der Waals surface area contributed by atoms with E-state index in [0.29, 0.717) is 40.2 Å². The summed E-state index contributed by atoms with van der Waals surface area (Å²) in [4.78, 5) is 23.9. The number of H-pyrrole nitrogens is 1. The molecule has 3 aliphatic rings. The summed E-state index contributed by atoms with van der Waals surface area (Å²) in [7, 11) is 0. The smallest absolute Gasteiger partial charge is 0.225 e. The maximum absolute atomic E-state index is 11.7. The number of amides is 1. The van der Waals surface area contributed by atoms with Crippen molar-refractivity contribution in [3.8, 4) is 17.2 Å². The first-order valence-corrected chi connectivity index (χ1v) is 11.2. The number of halogens is 2. The van der Waals surface area contributed by atoms with Crippen LogP contribution in [0, 0.1) is 0 Å². The van der Waals surface area contributed by atoms with E-state index in [2.05, 4.69) is 20.3 Å². The second-order valence-electron chi connectivity index (χ2n) is 8.14. The summed E-state index contributed by atoms with van der Waals surface area (Å²) in [6, 6.07) is 11.1. The van der Waals surface area contributed by atoms with Gasteiger partial charge in [-0.15, -0.1) is 0 Å². The van der Waals surface area contributed by atoms with E-state index in [1.54, 1.807) is 18.3 Å². The van der Waals surface area contributed by atoms with Gasteiger partial charge in [-0.1, -0.05) is 23.2 Å². The zero-order chi connectivity index (χ0) is 22.3. The minimum atomic E-state index is -0.120. The molecule has 162 valence electrons. The highest BCUT2D eigenvalue weighted by Crippen LogP contribution is 2.57. The molecule has 0 fully saturated rings. The molecule has 2 aromatic carbocycles. The largest absolute Gasteiger partial charge is 0.480 e. The van der Waals surface area contributed by atoms with E-state index >= 15 is 0 Å². The number of carbonyl (C=O) groups is 1. The molecule has 1 unspecified atom stereocenters. The molecule has 1 amide bonds. The number of pyridine rings is 1. The van der Waals surface area contributed by atoms with Gasteiger partial charge < -0.3 is 19.8 Å². The summed E-state index contributed by atoms with van der Waals surface area (Å²) >= 11 is 12.3. The van der Waals surface area contributed by atoms with Gasteiger partial charge in [-0.05, 0) is 42.8 Å². The second-order valence-corrected chi connectivity index (χ2v) is 8.95. The number of aromatic amines is 1. The fraction of sp³-hybridized carbons (Fsp3) is 0.125. The number of aromatic nitrogens is 3. The third-order valence-electron chi connectivity index (χ3n) is 6.10. The van der Waals surface area contributed by atoms with Gasteiger partial charge in [0.05, 0.1) is 21.1 Å². The van der Waals surface area contributed by atoms with Crippen LogP contribution in [-0.2, 0) is 11.2 Å². The van der Waals surface area contributed by atoms with Gasteiger partial charge in [0.15, 0.2) is 6.10 Å². The fourth-order valence-electron chi connectivity index (χ4n) is 4.48. The number of anilines is 1. The van der Waals surface area contributed by atoms with Gasteiger partial charge >= 0.3 is 0 Å². The van der Waals surface area contributed by atoms with E-state index in [-0.39, 0.29) is 12.0 Å². The predicted octanol–water partition coefficient (Wildman–Crippen LogP) is 5.63. The van der Waals surface area contributed by atoms with Crippen molar-refractivity contribution in [1.82, 2.24) is 15.0 Å². The van der Waals surface area contributed by atoms with Crippen molar-refractivity contribution in [3.05, 3.63) is 69.6 Å². The van der Waals surface area contributed by atoms with Crippen LogP contribution in [0.4, 0.5) is 5.82 Å². The molecule has 0 saturated heterocycles. The molecule has 33 heavy (non-hydrogen) atoms. The van der Waals surface area contributed by atoms with Crippen LogP contribution in [0.15, 0.2) is 42.6 Å². The Kier molecular flexibility index (Phi) is 3.87. The molecule has 2 aliphatic heterocycles. The lowest BCUT2D eigenvalue weighted by atomic mass is 10.1. The quantitative estimate of drug-likeness (QED) is 0.400. The van der Waals surface area contributed by atoms with Gasteiger partial charge in [0.2, 0.25) is 5.91 Å². The number of carbonyl (C=O) groups excluding carboxylic acids is 1. The van der Waals surface area contributed by atoms with Crippen LogP contribution < -0.4 is 14.8 Å². The summed E-state index contributed by atoms with van der Waals surface area (Å²) in [6.07, 6.45) is 2.52. The molecular weight excluding hydrogens is 463 g/mol. The molecule has 2 N–H and O–H groups in total. The SMILES string of the molecule is O=C1CCc2c(Oc3ccc4c(c3)C3=C(c5nc6cc(Cl)c(Cl)cc6[nH]5)C3O4)ccnc2N1. The summed E-state index contributed by atoms with van der Waals surface area (Å²) < 4.78 is 12.3. The van der Waals surface area contributed by atoms with Crippen LogP contribution in [-0.4, -0.2) is 27.0 Å². The Morgan fingerprint density at radius 2 is 1.94 bits per heavy atom. The number of imidazole rings is 1. The first kappa shape index (κ1) is 19.0. The van der Waals surface area contributed by atoms with Crippen molar-refractivity contribution in [2.24, 2.45) is 0 Å². The van der Waals surface area contributed by atoms with E-state index in [9.17, 15) is 4.79 Å². The monoisotopic (exact) mass is 476 g/mol. The van der Waals surface area contributed by atoms with Crippen molar-refractivity contribution in [2.45, 2.75) is 18.9 Å². The molecule has 0 spiro atoms. The minimum Gasteiger partial charge on any atom is -0.480 e. The molecule has 0 bridgehead atoms. The summed E-state index contributed by atoms with van der Waals surface area (Å²) in [5, 5.41) is 3.75. The van der Waals surface area contributed by atoms with Gasteiger partial charge in [-0.25, -0.2) is 9.97 Å². The normalized spacial score (nSPS) is 17.9. The van der Waals surface area contributed by atoms with E-state index < -0.39 is 0 Å². The third-order valence-corrected chi connectivity index (χ3v) is 6.82. The minimum absolute atomic E-state index is 0.0313. The number of rotatable bonds is 3. The Morgan fingerprint density at radius 3 is 2.85 bits per heavy atom. The molecule has 4 heterocycles. The van der Waals surface area contributed by atoms with Crippen LogP contribution in [0.5, 0.6) is 17.2 Å². The molecule has 0 saturated carbocycles. The molecule has 1 aliphatic carbocycles. The highest BCUT2D eigenvalue weighted by Gasteiger charge is 2.48. The standard InChI is InChI=1S/C24H14Cl2N4O3/c25-13-8-15-16(9-14(13)26)29-24(28-15)21-20-12-7-10(1-3-17(12)33-22(20)21)32-18-5-6-27-23-11(18)2-4-19(31)30-23/h1,3,5-9,22H,2,4H2,(H,28,29)(H,27,30,31). The molecule has 1 atom stereocenters. The third kappa shape index (κ3) is 2.93. The number of ether oxygens (including phenoxy) is 2. The number of benzene rings is 2. The lowest BCUT2D eigenvalue weighted by Gasteiger charge is -2.19. The first-order chi connectivity index (χ1) is 16.0. The number of fused-ring (bicyclic) bond motifs is 5. The lowest BCUT2D eigenvalue weighted by molar-refractivity contribution is -0.116. The van der Waals surface area contributed by atoms with Crippen molar-refractivity contribution in [3.63, 3.8) is 0 Å². The van der Waals surface area contributed by atoms with Crippen molar-refractivity contribution < 1.29 is 14.3 Å². The number of nitrogens with zero attached hydrogens (tertiary/aromatic N) is 2. The average Bonchev–Trinajstić information content (AvgIpc) is 3.15. The Labute approximate surface area is 197 Å². The number of nitrogens with one attached hydrogen (secondary N) is 2. The van der Waals surface area contributed by atoms with Crippen molar-refractivity contribution in [1.29, 1.82) is 0 Å². The van der Waals surface area contributed by atoms with E-state index in [4.69, 9.17) is 32.7 Å². The molecule has 0 radical (unpaired) electrons. The summed E-state index contributed by atoms with van der Waals surface area (Å²) in [5.41, 5.74) is 5.58. The molecule has 2 aromatic heterocycles. The van der Waals surface area contributed by atoms with Crippen molar-refractivity contribution >= 4 is 57.1 Å².